The van der Waals surface area contributed by atoms with Gasteiger partial charge < -0.3 is 15.4 Å². The number of carbonyl (C=O) groups excluding carboxylic acids is 2. The highest BCUT2D eigenvalue weighted by Crippen LogP contribution is 2.28. The Bertz CT molecular complexity index is 861. The highest BCUT2D eigenvalue weighted by molar-refractivity contribution is 8.01. The number of amides is 1. The predicted octanol–water partition coefficient (Wildman–Crippen LogP) is 4.59. The lowest BCUT2D eigenvalue weighted by atomic mass is 9.96. The van der Waals surface area contributed by atoms with Crippen LogP contribution in [-0.4, -0.2) is 40.5 Å². The molecule has 0 unspecified atom stereocenters. The van der Waals surface area contributed by atoms with Crippen LogP contribution in [0.25, 0.3) is 6.08 Å². The van der Waals surface area contributed by atoms with Crippen molar-refractivity contribution < 1.29 is 14.3 Å². The van der Waals surface area contributed by atoms with Gasteiger partial charge in [0.1, 0.15) is 0 Å². The monoisotopic (exact) mass is 446 g/mol. The molecule has 160 valence electrons. The predicted molar refractivity (Wildman–Crippen MR) is 122 cm³/mol. The van der Waals surface area contributed by atoms with Crippen molar-refractivity contribution in [2.75, 3.05) is 23.0 Å². The first-order valence-corrected chi connectivity index (χ1v) is 11.9. The van der Waals surface area contributed by atoms with Gasteiger partial charge in [0.2, 0.25) is 11.0 Å². The summed E-state index contributed by atoms with van der Waals surface area (Å²) in [5, 5.41) is 15.5. The van der Waals surface area contributed by atoms with Gasteiger partial charge in [0, 0.05) is 17.8 Å². The minimum Gasteiger partial charge on any atom is -0.463 e. The number of benzene rings is 1. The fourth-order valence-corrected chi connectivity index (χ4v) is 4.73. The molecule has 30 heavy (non-hydrogen) atoms. The van der Waals surface area contributed by atoms with Gasteiger partial charge in [-0.05, 0) is 43.5 Å². The van der Waals surface area contributed by atoms with Gasteiger partial charge in [-0.25, -0.2) is 4.79 Å². The molecule has 1 aliphatic carbocycles. The average molecular weight is 447 g/mol. The first-order valence-electron chi connectivity index (χ1n) is 10.1. The molecule has 3 rings (SSSR count). The molecular formula is C21H26N4O3S2. The molecule has 2 N–H and O–H groups in total. The van der Waals surface area contributed by atoms with Crippen molar-refractivity contribution in [2.24, 2.45) is 0 Å². The highest BCUT2D eigenvalue weighted by Gasteiger charge is 2.15. The van der Waals surface area contributed by atoms with Crippen molar-refractivity contribution in [3.63, 3.8) is 0 Å². The normalized spacial score (nSPS) is 14.6. The fourth-order valence-electron chi connectivity index (χ4n) is 3.10. The van der Waals surface area contributed by atoms with E-state index in [9.17, 15) is 9.59 Å². The van der Waals surface area contributed by atoms with Gasteiger partial charge in [0.25, 0.3) is 0 Å². The number of hydrogen-bond donors (Lipinski definition) is 2. The lowest BCUT2D eigenvalue weighted by Crippen LogP contribution is -2.21. The van der Waals surface area contributed by atoms with Gasteiger partial charge in [-0.2, -0.15) is 0 Å². The van der Waals surface area contributed by atoms with Gasteiger partial charge in [-0.1, -0.05) is 54.5 Å². The molecular weight excluding hydrogens is 420 g/mol. The van der Waals surface area contributed by atoms with Crippen LogP contribution in [0.4, 0.5) is 10.8 Å². The lowest BCUT2D eigenvalue weighted by Gasteiger charge is -2.21. The average Bonchev–Trinajstić information content (AvgIpc) is 3.20. The third-order valence-corrected chi connectivity index (χ3v) is 6.55. The van der Waals surface area contributed by atoms with Crippen LogP contribution in [0.3, 0.4) is 0 Å². The topological polar surface area (TPSA) is 93.2 Å². The molecule has 1 saturated carbocycles. The van der Waals surface area contributed by atoms with E-state index < -0.39 is 0 Å². The number of nitrogens with zero attached hydrogens (tertiary/aromatic N) is 2. The van der Waals surface area contributed by atoms with Crippen LogP contribution in [0.5, 0.6) is 0 Å². The Balaban J connectivity index is 1.41. The molecule has 1 heterocycles. The number of aromatic nitrogens is 2. The summed E-state index contributed by atoms with van der Waals surface area (Å²) in [5.41, 5.74) is 1.55. The molecule has 1 aliphatic rings. The smallest absolute Gasteiger partial charge is 0.330 e. The van der Waals surface area contributed by atoms with E-state index in [4.69, 9.17) is 4.74 Å². The van der Waals surface area contributed by atoms with Crippen LogP contribution in [0.15, 0.2) is 34.7 Å². The Morgan fingerprint density at radius 3 is 2.70 bits per heavy atom. The van der Waals surface area contributed by atoms with E-state index in [0.29, 0.717) is 18.3 Å². The first-order chi connectivity index (χ1) is 14.6. The van der Waals surface area contributed by atoms with E-state index in [2.05, 4.69) is 20.8 Å². The number of thioether (sulfide) groups is 1. The number of rotatable bonds is 9. The summed E-state index contributed by atoms with van der Waals surface area (Å²) >= 11 is 2.87. The Morgan fingerprint density at radius 2 is 1.97 bits per heavy atom. The summed E-state index contributed by atoms with van der Waals surface area (Å²) in [7, 11) is 0. The number of ether oxygens (including phenoxy) is 1. The van der Waals surface area contributed by atoms with Crippen molar-refractivity contribution in [1.29, 1.82) is 0 Å². The van der Waals surface area contributed by atoms with E-state index in [-0.39, 0.29) is 17.6 Å². The molecule has 0 atom stereocenters. The number of esters is 1. The van der Waals surface area contributed by atoms with Gasteiger partial charge in [0.15, 0.2) is 4.34 Å². The van der Waals surface area contributed by atoms with Crippen molar-refractivity contribution in [1.82, 2.24) is 10.2 Å². The second-order valence-electron chi connectivity index (χ2n) is 6.90. The minimum atomic E-state index is -0.374. The maximum Gasteiger partial charge on any atom is 0.330 e. The zero-order valence-electron chi connectivity index (χ0n) is 16.9. The third kappa shape index (κ3) is 7.46. The van der Waals surface area contributed by atoms with Crippen LogP contribution in [-0.2, 0) is 14.3 Å². The molecule has 2 aromatic rings. The number of anilines is 2. The molecule has 7 nitrogen and oxygen atoms in total. The third-order valence-electron chi connectivity index (χ3n) is 4.56. The Hall–Kier alpha value is -2.39. The minimum absolute atomic E-state index is 0.105. The van der Waals surface area contributed by atoms with Crippen LogP contribution >= 0.6 is 23.1 Å². The second kappa shape index (κ2) is 11.7. The summed E-state index contributed by atoms with van der Waals surface area (Å²) < 4.78 is 5.63. The van der Waals surface area contributed by atoms with Crippen molar-refractivity contribution in [3.8, 4) is 0 Å². The number of carbonyl (C=O) groups is 2. The maximum absolute atomic E-state index is 12.2. The van der Waals surface area contributed by atoms with Crippen LogP contribution < -0.4 is 10.6 Å². The first kappa shape index (κ1) is 22.3. The molecule has 1 aromatic carbocycles. The molecule has 0 bridgehead atoms. The molecule has 0 radical (unpaired) electrons. The SMILES string of the molecule is CCOC(=O)/C=C/c1ccc(NC(=O)CSc2nnc(NC3CCCCC3)s2)cc1. The fraction of sp³-hybridized carbons (Fsp3) is 0.429. The Morgan fingerprint density at radius 1 is 1.20 bits per heavy atom. The molecule has 9 heteroatoms. The van der Waals surface area contributed by atoms with Crippen molar-refractivity contribution in [3.05, 3.63) is 35.9 Å². The molecule has 1 fully saturated rings. The second-order valence-corrected chi connectivity index (χ2v) is 9.10. The van der Waals surface area contributed by atoms with E-state index >= 15 is 0 Å². The molecule has 0 spiro atoms. The van der Waals surface area contributed by atoms with Gasteiger partial charge in [-0.15, -0.1) is 10.2 Å². The summed E-state index contributed by atoms with van der Waals surface area (Å²) in [6.45, 7) is 2.11. The van der Waals surface area contributed by atoms with E-state index in [1.54, 1.807) is 25.1 Å². The summed E-state index contributed by atoms with van der Waals surface area (Å²) in [6.07, 6.45) is 9.27. The number of nitrogens with one attached hydrogen (secondary N) is 2. The largest absolute Gasteiger partial charge is 0.463 e. The van der Waals surface area contributed by atoms with Gasteiger partial charge >= 0.3 is 5.97 Å². The van der Waals surface area contributed by atoms with Gasteiger partial charge in [-0.3, -0.25) is 4.79 Å². The van der Waals surface area contributed by atoms with E-state index in [1.807, 2.05) is 12.1 Å². The van der Waals surface area contributed by atoms with E-state index in [0.717, 1.165) is 15.0 Å². The summed E-state index contributed by atoms with van der Waals surface area (Å²) in [5.74, 6) is -0.213. The quantitative estimate of drug-likeness (QED) is 0.330. The molecule has 1 aromatic heterocycles. The highest BCUT2D eigenvalue weighted by atomic mass is 32.2. The van der Waals surface area contributed by atoms with E-state index in [1.165, 1.54) is 61.3 Å². The molecule has 0 saturated heterocycles. The van der Waals surface area contributed by atoms with Crippen LogP contribution in [0.1, 0.15) is 44.6 Å². The van der Waals surface area contributed by atoms with Crippen molar-refractivity contribution >= 4 is 51.9 Å². The maximum atomic E-state index is 12.2. The Labute approximate surface area is 184 Å². The number of hydrogen-bond acceptors (Lipinski definition) is 8. The summed E-state index contributed by atoms with van der Waals surface area (Å²) in [6, 6.07) is 7.73. The van der Waals surface area contributed by atoms with Crippen molar-refractivity contribution in [2.45, 2.75) is 49.4 Å². The standard InChI is InChI=1S/C21H26N4O3S2/c1-2-28-19(27)13-10-15-8-11-17(12-9-15)22-18(26)14-29-21-25-24-20(30-21)23-16-6-4-3-5-7-16/h8-13,16H,2-7,14H2,1H3,(H,22,26)(H,23,24)/b13-10+. The molecule has 1 amide bonds. The zero-order chi connectivity index (χ0) is 21.2. The zero-order valence-corrected chi connectivity index (χ0v) is 18.6. The van der Waals surface area contributed by atoms with Crippen LogP contribution in [0, 0.1) is 0 Å². The lowest BCUT2D eigenvalue weighted by molar-refractivity contribution is -0.137. The molecule has 0 aliphatic heterocycles. The Kier molecular flexibility index (Phi) is 8.70. The van der Waals surface area contributed by atoms with Gasteiger partial charge in [0.05, 0.1) is 12.4 Å². The van der Waals surface area contributed by atoms with Crippen LogP contribution in [0.2, 0.25) is 0 Å². The summed E-state index contributed by atoms with van der Waals surface area (Å²) in [4.78, 5) is 23.6.